The van der Waals surface area contributed by atoms with Crippen LogP contribution in [0.25, 0.3) is 0 Å². The molecule has 0 amide bonds. The van der Waals surface area contributed by atoms with E-state index in [1.807, 2.05) is 6.92 Å². The highest BCUT2D eigenvalue weighted by Crippen LogP contribution is 2.20. The van der Waals surface area contributed by atoms with E-state index in [4.69, 9.17) is 17.3 Å². The first-order valence-electron chi connectivity index (χ1n) is 5.36. The van der Waals surface area contributed by atoms with E-state index >= 15 is 0 Å². The van der Waals surface area contributed by atoms with Gasteiger partial charge < -0.3 is 11.1 Å². The first kappa shape index (κ1) is 12.6. The summed E-state index contributed by atoms with van der Waals surface area (Å²) in [4.78, 5) is 7.78. The molecule has 6 heteroatoms. The molecule has 0 aliphatic rings. The maximum absolute atomic E-state index is 12.8. The summed E-state index contributed by atoms with van der Waals surface area (Å²) in [5.41, 5.74) is 6.43. The van der Waals surface area contributed by atoms with Gasteiger partial charge in [0.1, 0.15) is 16.8 Å². The molecule has 94 valence electrons. The third kappa shape index (κ3) is 3.07. The van der Waals surface area contributed by atoms with Gasteiger partial charge in [0.25, 0.3) is 0 Å². The highest BCUT2D eigenvalue weighted by atomic mass is 35.5. The van der Waals surface area contributed by atoms with Crippen molar-refractivity contribution in [3.05, 3.63) is 46.9 Å². The molecule has 0 saturated carbocycles. The van der Waals surface area contributed by atoms with Gasteiger partial charge in [-0.3, -0.25) is 0 Å². The average molecular weight is 267 g/mol. The van der Waals surface area contributed by atoms with Crippen molar-refractivity contribution in [1.82, 2.24) is 9.97 Å². The Balaban J connectivity index is 2.15. The maximum Gasteiger partial charge on any atom is 0.223 e. The number of nitrogen functional groups attached to an aromatic ring is 1. The van der Waals surface area contributed by atoms with Crippen molar-refractivity contribution in [3.8, 4) is 0 Å². The lowest BCUT2D eigenvalue weighted by molar-refractivity contribution is 0.626. The zero-order valence-electron chi connectivity index (χ0n) is 9.69. The zero-order valence-corrected chi connectivity index (χ0v) is 10.4. The van der Waals surface area contributed by atoms with Gasteiger partial charge in [0.15, 0.2) is 0 Å². The van der Waals surface area contributed by atoms with Gasteiger partial charge in [-0.25, -0.2) is 9.37 Å². The molecule has 2 rings (SSSR count). The summed E-state index contributed by atoms with van der Waals surface area (Å²) in [6.45, 7) is 1.93. The van der Waals surface area contributed by atoms with Crippen LogP contribution in [0.1, 0.15) is 18.5 Å². The van der Waals surface area contributed by atoms with Crippen molar-refractivity contribution < 1.29 is 4.39 Å². The molecule has 4 nitrogen and oxygen atoms in total. The quantitative estimate of drug-likeness (QED) is 0.838. The van der Waals surface area contributed by atoms with Gasteiger partial charge in [0.2, 0.25) is 5.95 Å². The van der Waals surface area contributed by atoms with Crippen LogP contribution in [-0.4, -0.2) is 9.97 Å². The summed E-state index contributed by atoms with van der Waals surface area (Å²) in [5.74, 6) is 0.376. The summed E-state index contributed by atoms with van der Waals surface area (Å²) >= 11 is 5.78. The number of hydrogen-bond acceptors (Lipinski definition) is 4. The minimum Gasteiger partial charge on any atom is -0.368 e. The number of nitrogens with one attached hydrogen (secondary N) is 1. The minimum atomic E-state index is -0.264. The Bertz CT molecular complexity index is 524. The van der Waals surface area contributed by atoms with E-state index in [0.717, 1.165) is 5.56 Å². The van der Waals surface area contributed by atoms with Crippen LogP contribution >= 0.6 is 11.6 Å². The van der Waals surface area contributed by atoms with Crippen LogP contribution in [0.4, 0.5) is 16.2 Å². The van der Waals surface area contributed by atoms with Crippen molar-refractivity contribution in [2.45, 2.75) is 13.0 Å². The summed E-state index contributed by atoms with van der Waals surface area (Å²) in [6, 6.07) is 7.77. The number of nitrogens with zero attached hydrogens (tertiary/aromatic N) is 2. The Labute approximate surface area is 109 Å². The van der Waals surface area contributed by atoms with E-state index in [2.05, 4.69) is 15.3 Å². The topological polar surface area (TPSA) is 63.8 Å². The monoisotopic (exact) mass is 266 g/mol. The Kier molecular flexibility index (Phi) is 3.62. The number of hydrogen-bond donors (Lipinski definition) is 2. The van der Waals surface area contributed by atoms with Gasteiger partial charge >= 0.3 is 0 Å². The molecule has 0 radical (unpaired) electrons. The molecular weight excluding hydrogens is 255 g/mol. The smallest absolute Gasteiger partial charge is 0.223 e. The first-order chi connectivity index (χ1) is 8.54. The highest BCUT2D eigenvalue weighted by Gasteiger charge is 2.07. The second-order valence-electron chi connectivity index (χ2n) is 3.85. The fourth-order valence-corrected chi connectivity index (χ4v) is 1.76. The van der Waals surface area contributed by atoms with Gasteiger partial charge in [-0.05, 0) is 24.6 Å². The number of aromatic nitrogens is 2. The van der Waals surface area contributed by atoms with E-state index in [0.29, 0.717) is 5.82 Å². The third-order valence-electron chi connectivity index (χ3n) is 2.45. The van der Waals surface area contributed by atoms with Crippen molar-refractivity contribution in [1.29, 1.82) is 0 Å². The lowest BCUT2D eigenvalue weighted by Crippen LogP contribution is -2.09. The number of nitrogens with two attached hydrogens (primary N) is 1. The van der Waals surface area contributed by atoms with E-state index in [1.165, 1.54) is 12.1 Å². The van der Waals surface area contributed by atoms with Gasteiger partial charge in [-0.2, -0.15) is 4.98 Å². The number of halogens is 2. The Morgan fingerprint density at radius 3 is 2.56 bits per heavy atom. The predicted molar refractivity (Wildman–Crippen MR) is 69.9 cm³/mol. The number of rotatable bonds is 3. The first-order valence-corrected chi connectivity index (χ1v) is 5.74. The molecule has 0 aliphatic carbocycles. The Morgan fingerprint density at radius 1 is 1.28 bits per heavy atom. The second kappa shape index (κ2) is 5.18. The van der Waals surface area contributed by atoms with Crippen molar-refractivity contribution in [2.75, 3.05) is 11.1 Å². The Morgan fingerprint density at radius 2 is 1.94 bits per heavy atom. The van der Waals surface area contributed by atoms with Crippen molar-refractivity contribution in [3.63, 3.8) is 0 Å². The van der Waals surface area contributed by atoms with Crippen LogP contribution in [0.5, 0.6) is 0 Å². The van der Waals surface area contributed by atoms with Crippen molar-refractivity contribution in [2.24, 2.45) is 0 Å². The molecule has 1 atom stereocenters. The van der Waals surface area contributed by atoms with Crippen LogP contribution in [0.15, 0.2) is 30.3 Å². The van der Waals surface area contributed by atoms with Crippen LogP contribution < -0.4 is 11.1 Å². The molecule has 0 fully saturated rings. The molecule has 3 N–H and O–H groups in total. The average Bonchev–Trinajstić information content (AvgIpc) is 2.28. The lowest BCUT2D eigenvalue weighted by atomic mass is 10.1. The minimum absolute atomic E-state index is 0.0454. The second-order valence-corrected chi connectivity index (χ2v) is 4.24. The molecule has 1 unspecified atom stereocenters. The normalized spacial score (nSPS) is 12.2. The molecule has 1 heterocycles. The molecule has 1 aromatic carbocycles. The molecule has 0 aliphatic heterocycles. The fraction of sp³-hybridized carbons (Fsp3) is 0.167. The standard InChI is InChI=1S/C12H12ClFN4/c1-7(8-2-4-9(14)5-3-8)16-11-6-10(13)17-12(15)18-11/h2-7H,1H3,(H3,15,16,17,18). The van der Waals surface area contributed by atoms with Gasteiger partial charge in [0.05, 0.1) is 0 Å². The summed E-state index contributed by atoms with van der Waals surface area (Å²) < 4.78 is 12.8. The van der Waals surface area contributed by atoms with Crippen LogP contribution in [-0.2, 0) is 0 Å². The van der Waals surface area contributed by atoms with Gasteiger partial charge in [-0.15, -0.1) is 0 Å². The summed E-state index contributed by atoms with van der Waals surface area (Å²) in [6.07, 6.45) is 0. The summed E-state index contributed by atoms with van der Waals surface area (Å²) in [7, 11) is 0. The third-order valence-corrected chi connectivity index (χ3v) is 2.64. The molecule has 0 saturated heterocycles. The SMILES string of the molecule is CC(Nc1cc(Cl)nc(N)n1)c1ccc(F)cc1. The summed E-state index contributed by atoms with van der Waals surface area (Å²) in [5, 5.41) is 3.40. The van der Waals surface area contributed by atoms with E-state index in [-0.39, 0.29) is 23.0 Å². The lowest BCUT2D eigenvalue weighted by Gasteiger charge is -2.15. The van der Waals surface area contributed by atoms with Crippen LogP contribution in [0, 0.1) is 5.82 Å². The number of anilines is 2. The fourth-order valence-electron chi connectivity index (χ4n) is 1.57. The maximum atomic E-state index is 12.8. The molecular formula is C12H12ClFN4. The van der Waals surface area contributed by atoms with Gasteiger partial charge in [0, 0.05) is 12.1 Å². The van der Waals surface area contributed by atoms with E-state index in [9.17, 15) is 4.39 Å². The van der Waals surface area contributed by atoms with E-state index in [1.54, 1.807) is 18.2 Å². The van der Waals surface area contributed by atoms with E-state index < -0.39 is 0 Å². The molecule has 1 aromatic heterocycles. The number of benzene rings is 1. The molecule has 0 spiro atoms. The zero-order chi connectivity index (χ0) is 13.1. The van der Waals surface area contributed by atoms with Crippen LogP contribution in [0.3, 0.4) is 0 Å². The Hall–Kier alpha value is -1.88. The molecule has 0 bridgehead atoms. The predicted octanol–water partition coefficient (Wildman–Crippen LogP) is 3.02. The highest BCUT2D eigenvalue weighted by molar-refractivity contribution is 6.29. The van der Waals surface area contributed by atoms with Crippen molar-refractivity contribution >= 4 is 23.4 Å². The van der Waals surface area contributed by atoms with Gasteiger partial charge in [-0.1, -0.05) is 23.7 Å². The van der Waals surface area contributed by atoms with Crippen LogP contribution in [0.2, 0.25) is 5.15 Å². The largest absolute Gasteiger partial charge is 0.368 e. The molecule has 18 heavy (non-hydrogen) atoms. The molecule has 2 aromatic rings.